The van der Waals surface area contributed by atoms with Crippen molar-refractivity contribution in [3.8, 4) is 0 Å². The van der Waals surface area contributed by atoms with Gasteiger partial charge in [-0.15, -0.1) is 11.3 Å². The molecule has 0 aromatic carbocycles. The Morgan fingerprint density at radius 3 is 2.65 bits per heavy atom. The van der Waals surface area contributed by atoms with Crippen LogP contribution in [0.1, 0.15) is 41.4 Å². The van der Waals surface area contributed by atoms with Crippen LogP contribution in [0.2, 0.25) is 0 Å². The zero-order valence-electron chi connectivity index (χ0n) is 12.3. The van der Waals surface area contributed by atoms with Crippen molar-refractivity contribution in [2.24, 2.45) is 0 Å². The highest BCUT2D eigenvalue weighted by molar-refractivity contribution is 7.11. The molecule has 1 fully saturated rings. The fraction of sp³-hybridized carbons (Fsp3) is 0.714. The van der Waals surface area contributed by atoms with E-state index in [4.69, 9.17) is 9.84 Å². The van der Waals surface area contributed by atoms with Crippen LogP contribution in [0.4, 0.5) is 0 Å². The summed E-state index contributed by atoms with van der Waals surface area (Å²) in [5.74, 6) is -0.892. The van der Waals surface area contributed by atoms with Gasteiger partial charge in [-0.25, -0.2) is 9.78 Å². The molecule has 1 aromatic heterocycles. The molecule has 1 atom stereocenters. The number of carboxylic acids is 1. The average Bonchev–Trinajstić information content (AvgIpc) is 2.75. The molecule has 5 nitrogen and oxygen atoms in total. The number of thiazole rings is 1. The van der Waals surface area contributed by atoms with Gasteiger partial charge in [-0.3, -0.25) is 4.90 Å². The first kappa shape index (κ1) is 15.4. The number of carbonyl (C=O) groups is 1. The Morgan fingerprint density at radius 1 is 1.50 bits per heavy atom. The van der Waals surface area contributed by atoms with Crippen molar-refractivity contribution in [1.29, 1.82) is 0 Å². The van der Waals surface area contributed by atoms with Crippen LogP contribution in [-0.4, -0.2) is 46.8 Å². The lowest BCUT2D eigenvalue weighted by molar-refractivity contribution is -0.145. The van der Waals surface area contributed by atoms with Gasteiger partial charge in [0.25, 0.3) is 0 Å². The molecule has 0 radical (unpaired) electrons. The van der Waals surface area contributed by atoms with Crippen molar-refractivity contribution in [2.75, 3.05) is 19.7 Å². The van der Waals surface area contributed by atoms with Gasteiger partial charge in [0.15, 0.2) is 0 Å². The van der Waals surface area contributed by atoms with E-state index in [9.17, 15) is 4.79 Å². The molecule has 6 heteroatoms. The molecule has 1 aliphatic rings. The molecule has 2 heterocycles. The molecule has 0 aliphatic carbocycles. The highest BCUT2D eigenvalue weighted by atomic mass is 32.1. The summed E-state index contributed by atoms with van der Waals surface area (Å²) in [4.78, 5) is 18.8. The molecule has 1 aromatic rings. The highest BCUT2D eigenvalue weighted by Gasteiger charge is 2.26. The summed E-state index contributed by atoms with van der Waals surface area (Å²) >= 11 is 1.77. The fourth-order valence-electron chi connectivity index (χ4n) is 2.72. The fourth-order valence-corrected chi connectivity index (χ4v) is 3.73. The van der Waals surface area contributed by atoms with Crippen LogP contribution < -0.4 is 0 Å². The summed E-state index contributed by atoms with van der Waals surface area (Å²) in [6.45, 7) is 8.04. The quantitative estimate of drug-likeness (QED) is 0.904. The number of ether oxygens (including phenoxy) is 1. The van der Waals surface area contributed by atoms with Crippen LogP contribution in [0.5, 0.6) is 0 Å². The summed E-state index contributed by atoms with van der Waals surface area (Å²) in [6.07, 6.45) is 1.88. The molecule has 112 valence electrons. The Hall–Kier alpha value is -0.980. The minimum atomic E-state index is -0.892. The predicted molar refractivity (Wildman–Crippen MR) is 78.2 cm³/mol. The van der Waals surface area contributed by atoms with Crippen molar-refractivity contribution in [1.82, 2.24) is 9.88 Å². The molecule has 0 amide bonds. The summed E-state index contributed by atoms with van der Waals surface area (Å²) in [5, 5.41) is 9.74. The molecule has 20 heavy (non-hydrogen) atoms. The maximum absolute atomic E-state index is 10.5. The highest BCUT2D eigenvalue weighted by Crippen LogP contribution is 2.31. The Kier molecular flexibility index (Phi) is 5.12. The maximum atomic E-state index is 10.5. The monoisotopic (exact) mass is 298 g/mol. The van der Waals surface area contributed by atoms with E-state index < -0.39 is 5.97 Å². The van der Waals surface area contributed by atoms with Gasteiger partial charge in [-0.2, -0.15) is 0 Å². The van der Waals surface area contributed by atoms with Crippen LogP contribution >= 0.6 is 11.3 Å². The molecule has 1 unspecified atom stereocenters. The van der Waals surface area contributed by atoms with E-state index in [1.807, 2.05) is 6.92 Å². The third-order valence-corrected chi connectivity index (χ3v) is 5.03. The summed E-state index contributed by atoms with van der Waals surface area (Å²) in [6, 6.07) is 0.377. The average molecular weight is 298 g/mol. The SMILES string of the molecule is Cc1nc(C)c(C(C)N2CCC(OCC(=O)O)CC2)s1. The minimum absolute atomic E-state index is 0.0823. The molecule has 1 N–H and O–H groups in total. The van der Waals surface area contributed by atoms with E-state index in [2.05, 4.69) is 23.7 Å². The number of likely N-dealkylation sites (tertiary alicyclic amines) is 1. The third-order valence-electron chi connectivity index (χ3n) is 3.79. The second-order valence-corrected chi connectivity index (χ2v) is 6.53. The number of nitrogens with zero attached hydrogens (tertiary/aromatic N) is 2. The molecular weight excluding hydrogens is 276 g/mol. The predicted octanol–water partition coefficient (Wildman–Crippen LogP) is 2.39. The van der Waals surface area contributed by atoms with Crippen molar-refractivity contribution in [3.05, 3.63) is 15.6 Å². The van der Waals surface area contributed by atoms with E-state index >= 15 is 0 Å². The molecule has 0 spiro atoms. The Morgan fingerprint density at radius 2 is 2.15 bits per heavy atom. The summed E-state index contributed by atoms with van der Waals surface area (Å²) in [7, 11) is 0. The van der Waals surface area contributed by atoms with E-state index in [0.29, 0.717) is 6.04 Å². The van der Waals surface area contributed by atoms with Crippen molar-refractivity contribution in [2.45, 2.75) is 45.8 Å². The third kappa shape index (κ3) is 3.77. The van der Waals surface area contributed by atoms with E-state index in [1.165, 1.54) is 4.88 Å². The summed E-state index contributed by atoms with van der Waals surface area (Å²) in [5.41, 5.74) is 1.13. The van der Waals surface area contributed by atoms with Crippen LogP contribution in [0.3, 0.4) is 0 Å². The Balaban J connectivity index is 1.87. The van der Waals surface area contributed by atoms with Crippen LogP contribution in [0.15, 0.2) is 0 Å². The lowest BCUT2D eigenvalue weighted by atomic mass is 10.0. The van der Waals surface area contributed by atoms with Crippen molar-refractivity contribution in [3.63, 3.8) is 0 Å². The number of aromatic nitrogens is 1. The molecular formula is C14H22N2O3S. The molecule has 2 rings (SSSR count). The number of rotatable bonds is 5. The van der Waals surface area contributed by atoms with Gasteiger partial charge in [-0.05, 0) is 33.6 Å². The second kappa shape index (κ2) is 6.65. The minimum Gasteiger partial charge on any atom is -0.480 e. The van der Waals surface area contributed by atoms with Gasteiger partial charge < -0.3 is 9.84 Å². The van der Waals surface area contributed by atoms with Crippen LogP contribution in [0, 0.1) is 13.8 Å². The van der Waals surface area contributed by atoms with E-state index in [1.54, 1.807) is 11.3 Å². The standard InChI is InChI=1S/C14H22N2O3S/c1-9-14(20-11(3)15-9)10(2)16-6-4-12(5-7-16)19-8-13(17)18/h10,12H,4-8H2,1-3H3,(H,17,18). The number of hydrogen-bond donors (Lipinski definition) is 1. The van der Waals surface area contributed by atoms with Crippen LogP contribution in [-0.2, 0) is 9.53 Å². The molecule has 0 saturated carbocycles. The van der Waals surface area contributed by atoms with Gasteiger partial charge in [0.2, 0.25) is 0 Å². The van der Waals surface area contributed by atoms with E-state index in [-0.39, 0.29) is 12.7 Å². The van der Waals surface area contributed by atoms with Gasteiger partial charge in [0, 0.05) is 24.0 Å². The Labute approximate surface area is 123 Å². The number of carboxylic acid groups (broad SMARTS) is 1. The molecule has 0 bridgehead atoms. The van der Waals surface area contributed by atoms with Gasteiger partial charge in [0.05, 0.1) is 16.8 Å². The van der Waals surface area contributed by atoms with Gasteiger partial charge in [0.1, 0.15) is 6.61 Å². The molecule has 1 saturated heterocycles. The largest absolute Gasteiger partial charge is 0.480 e. The van der Waals surface area contributed by atoms with Crippen LogP contribution in [0.25, 0.3) is 0 Å². The topological polar surface area (TPSA) is 62.7 Å². The van der Waals surface area contributed by atoms with Gasteiger partial charge in [-0.1, -0.05) is 0 Å². The smallest absolute Gasteiger partial charge is 0.329 e. The van der Waals surface area contributed by atoms with Crippen molar-refractivity contribution < 1.29 is 14.6 Å². The Bertz CT molecular complexity index is 467. The first-order valence-electron chi connectivity index (χ1n) is 6.98. The number of hydrogen-bond acceptors (Lipinski definition) is 5. The van der Waals surface area contributed by atoms with Gasteiger partial charge >= 0.3 is 5.97 Å². The number of aliphatic carboxylic acids is 1. The zero-order chi connectivity index (χ0) is 14.7. The zero-order valence-corrected chi connectivity index (χ0v) is 13.1. The number of aryl methyl sites for hydroxylation is 2. The lowest BCUT2D eigenvalue weighted by Gasteiger charge is -2.35. The summed E-state index contributed by atoms with van der Waals surface area (Å²) < 4.78 is 5.37. The molecule has 1 aliphatic heterocycles. The first-order chi connectivity index (χ1) is 9.47. The lowest BCUT2D eigenvalue weighted by Crippen LogP contribution is -2.39. The second-order valence-electron chi connectivity index (χ2n) is 5.30. The normalized spacial score (nSPS) is 19.1. The first-order valence-corrected chi connectivity index (χ1v) is 7.80. The number of piperidine rings is 1. The van der Waals surface area contributed by atoms with Crippen molar-refractivity contribution >= 4 is 17.3 Å². The van der Waals surface area contributed by atoms with E-state index in [0.717, 1.165) is 36.6 Å². The maximum Gasteiger partial charge on any atom is 0.329 e.